The van der Waals surface area contributed by atoms with Crippen molar-refractivity contribution in [3.63, 3.8) is 0 Å². The second kappa shape index (κ2) is 8.47. The summed E-state index contributed by atoms with van der Waals surface area (Å²) in [6, 6.07) is 14.9. The van der Waals surface area contributed by atoms with Gasteiger partial charge >= 0.3 is 6.18 Å². The van der Waals surface area contributed by atoms with Crippen molar-refractivity contribution in [1.82, 2.24) is 15.1 Å². The van der Waals surface area contributed by atoms with Crippen molar-refractivity contribution in [3.8, 4) is 5.75 Å². The molecule has 30 heavy (non-hydrogen) atoms. The minimum absolute atomic E-state index is 0.0160. The van der Waals surface area contributed by atoms with Crippen molar-refractivity contribution in [1.29, 1.82) is 0 Å². The molecule has 1 aliphatic rings. The molecule has 0 saturated carbocycles. The minimum Gasteiger partial charge on any atom is -0.497 e. The highest BCUT2D eigenvalue weighted by molar-refractivity contribution is 5.94. The maximum atomic E-state index is 13.4. The molecule has 5 nitrogen and oxygen atoms in total. The van der Waals surface area contributed by atoms with Crippen LogP contribution in [0.25, 0.3) is 10.8 Å². The summed E-state index contributed by atoms with van der Waals surface area (Å²) in [6.45, 7) is 2.71. The molecule has 1 fully saturated rings. The molecule has 1 aliphatic heterocycles. The summed E-state index contributed by atoms with van der Waals surface area (Å²) in [7, 11) is 1.48. The molecule has 4 rings (SSSR count). The van der Waals surface area contributed by atoms with Crippen LogP contribution in [0.3, 0.4) is 0 Å². The molecule has 158 valence electrons. The van der Waals surface area contributed by atoms with E-state index in [-0.39, 0.29) is 11.4 Å². The van der Waals surface area contributed by atoms with E-state index in [0.717, 1.165) is 32.5 Å². The molecule has 2 heterocycles. The summed E-state index contributed by atoms with van der Waals surface area (Å²) in [5, 5.41) is 11.1. The Bertz CT molecular complexity index is 1000. The largest absolute Gasteiger partial charge is 0.497 e. The maximum absolute atomic E-state index is 13.4. The van der Waals surface area contributed by atoms with Crippen LogP contribution in [0.4, 0.5) is 19.0 Å². The van der Waals surface area contributed by atoms with Crippen LogP contribution in [0, 0.1) is 0 Å². The van der Waals surface area contributed by atoms with Crippen molar-refractivity contribution in [2.75, 3.05) is 25.5 Å². The van der Waals surface area contributed by atoms with Gasteiger partial charge in [-0.25, -0.2) is 0 Å². The van der Waals surface area contributed by atoms with Gasteiger partial charge in [0.2, 0.25) is 0 Å². The number of alkyl halides is 3. The van der Waals surface area contributed by atoms with Gasteiger partial charge in [-0.3, -0.25) is 4.90 Å². The second-order valence-electron chi connectivity index (χ2n) is 7.49. The van der Waals surface area contributed by atoms with Crippen LogP contribution in [-0.4, -0.2) is 41.3 Å². The van der Waals surface area contributed by atoms with Crippen LogP contribution in [0.1, 0.15) is 24.1 Å². The summed E-state index contributed by atoms with van der Waals surface area (Å²) in [6.07, 6.45) is -2.82. The SMILES string of the molecule is COc1ccc2c(C(F)(F)F)nnc(NC3CCN(Cc4ccccc4)CC3)c2c1. The molecule has 3 aromatic rings. The molecule has 8 heteroatoms. The van der Waals surface area contributed by atoms with E-state index in [1.165, 1.54) is 24.8 Å². The summed E-state index contributed by atoms with van der Waals surface area (Å²) < 4.78 is 45.3. The van der Waals surface area contributed by atoms with Gasteiger partial charge in [0.15, 0.2) is 11.5 Å². The fourth-order valence-corrected chi connectivity index (χ4v) is 3.85. The molecule has 0 atom stereocenters. The van der Waals surface area contributed by atoms with Crippen molar-refractivity contribution < 1.29 is 17.9 Å². The first-order valence-electron chi connectivity index (χ1n) is 9.88. The second-order valence-corrected chi connectivity index (χ2v) is 7.49. The van der Waals surface area contributed by atoms with Crippen LogP contribution in [0.15, 0.2) is 48.5 Å². The van der Waals surface area contributed by atoms with Crippen molar-refractivity contribution >= 4 is 16.6 Å². The molecular formula is C22H23F3N4O. The Labute approximate surface area is 172 Å². The van der Waals surface area contributed by atoms with Crippen LogP contribution in [0.2, 0.25) is 0 Å². The zero-order valence-electron chi connectivity index (χ0n) is 16.6. The predicted octanol–water partition coefficient (Wildman–Crippen LogP) is 4.73. The van der Waals surface area contributed by atoms with E-state index in [2.05, 4.69) is 32.5 Å². The Balaban J connectivity index is 1.50. The lowest BCUT2D eigenvalue weighted by Gasteiger charge is -2.32. The van der Waals surface area contributed by atoms with Crippen LogP contribution < -0.4 is 10.1 Å². The zero-order valence-corrected chi connectivity index (χ0v) is 16.6. The zero-order chi connectivity index (χ0) is 21.1. The number of aromatic nitrogens is 2. The molecular weight excluding hydrogens is 393 g/mol. The predicted molar refractivity (Wildman–Crippen MR) is 109 cm³/mol. The number of rotatable bonds is 5. The highest BCUT2D eigenvalue weighted by atomic mass is 19.4. The first-order chi connectivity index (χ1) is 14.4. The molecule has 0 radical (unpaired) electrons. The quantitative estimate of drug-likeness (QED) is 0.652. The number of nitrogens with zero attached hydrogens (tertiary/aromatic N) is 3. The van der Waals surface area contributed by atoms with Gasteiger partial charge in [0.25, 0.3) is 0 Å². The van der Waals surface area contributed by atoms with Crippen LogP contribution in [-0.2, 0) is 12.7 Å². The van der Waals surface area contributed by atoms with E-state index < -0.39 is 11.9 Å². The van der Waals surface area contributed by atoms with E-state index in [4.69, 9.17) is 4.74 Å². The van der Waals surface area contributed by atoms with Gasteiger partial charge in [0.1, 0.15) is 5.75 Å². The Morgan fingerprint density at radius 3 is 2.43 bits per heavy atom. The molecule has 1 N–H and O–H groups in total. The molecule has 0 unspecified atom stereocenters. The lowest BCUT2D eigenvalue weighted by molar-refractivity contribution is -0.140. The van der Waals surface area contributed by atoms with Crippen LogP contribution >= 0.6 is 0 Å². The fraction of sp³-hybridized carbons (Fsp3) is 0.364. The third-order valence-corrected chi connectivity index (χ3v) is 5.43. The number of fused-ring (bicyclic) bond motifs is 1. The molecule has 0 bridgehead atoms. The monoisotopic (exact) mass is 416 g/mol. The summed E-state index contributed by atoms with van der Waals surface area (Å²) in [4.78, 5) is 2.38. The number of piperidine rings is 1. The average Bonchev–Trinajstić information content (AvgIpc) is 2.75. The summed E-state index contributed by atoms with van der Waals surface area (Å²) >= 11 is 0. The number of halogens is 3. The molecule has 0 aliphatic carbocycles. The normalized spacial score (nSPS) is 16.0. The molecule has 1 aromatic heterocycles. The molecule has 1 saturated heterocycles. The van der Waals surface area contributed by atoms with Gasteiger partial charge in [-0.15, -0.1) is 10.2 Å². The first kappa shape index (κ1) is 20.4. The number of anilines is 1. The van der Waals surface area contributed by atoms with E-state index in [1.54, 1.807) is 6.07 Å². The number of benzene rings is 2. The lowest BCUT2D eigenvalue weighted by Crippen LogP contribution is -2.38. The third-order valence-electron chi connectivity index (χ3n) is 5.43. The van der Waals surface area contributed by atoms with Gasteiger partial charge in [0, 0.05) is 36.4 Å². The first-order valence-corrected chi connectivity index (χ1v) is 9.88. The number of methoxy groups -OCH3 is 1. The van der Waals surface area contributed by atoms with Crippen molar-refractivity contribution in [2.45, 2.75) is 31.6 Å². The summed E-state index contributed by atoms with van der Waals surface area (Å²) in [5.41, 5.74) is 0.291. The average molecular weight is 416 g/mol. The van der Waals surface area contributed by atoms with Gasteiger partial charge in [-0.05, 0) is 36.6 Å². The number of likely N-dealkylation sites (tertiary alicyclic amines) is 1. The Morgan fingerprint density at radius 2 is 1.77 bits per heavy atom. The smallest absolute Gasteiger partial charge is 0.435 e. The lowest BCUT2D eigenvalue weighted by atomic mass is 10.0. The molecule has 0 spiro atoms. The minimum atomic E-state index is -4.57. The van der Waals surface area contributed by atoms with Gasteiger partial charge < -0.3 is 10.1 Å². The number of ether oxygens (including phenoxy) is 1. The van der Waals surface area contributed by atoms with E-state index in [1.807, 2.05) is 18.2 Å². The van der Waals surface area contributed by atoms with Gasteiger partial charge in [-0.1, -0.05) is 30.3 Å². The standard InChI is InChI=1S/C22H23F3N4O/c1-30-17-7-8-18-19(13-17)21(28-27-20(18)22(23,24)25)26-16-9-11-29(12-10-16)14-15-5-3-2-4-6-15/h2-8,13,16H,9-12,14H2,1H3,(H,26,28). The number of hydrogen-bond acceptors (Lipinski definition) is 5. The summed E-state index contributed by atoms with van der Waals surface area (Å²) in [5.74, 6) is 0.836. The molecule has 0 amide bonds. The fourth-order valence-electron chi connectivity index (χ4n) is 3.85. The van der Waals surface area contributed by atoms with Crippen molar-refractivity contribution in [3.05, 3.63) is 59.8 Å². The van der Waals surface area contributed by atoms with Crippen molar-refractivity contribution in [2.24, 2.45) is 0 Å². The Morgan fingerprint density at radius 1 is 1.03 bits per heavy atom. The number of hydrogen-bond donors (Lipinski definition) is 1. The third kappa shape index (κ3) is 4.48. The van der Waals surface area contributed by atoms with E-state index >= 15 is 0 Å². The van der Waals surface area contributed by atoms with E-state index in [0.29, 0.717) is 17.0 Å². The Hall–Kier alpha value is -2.87. The van der Waals surface area contributed by atoms with Crippen LogP contribution in [0.5, 0.6) is 5.75 Å². The maximum Gasteiger partial charge on any atom is 0.435 e. The van der Waals surface area contributed by atoms with Gasteiger partial charge in [0.05, 0.1) is 7.11 Å². The Kier molecular flexibility index (Phi) is 5.76. The van der Waals surface area contributed by atoms with E-state index in [9.17, 15) is 13.2 Å². The highest BCUT2D eigenvalue weighted by Gasteiger charge is 2.36. The van der Waals surface area contributed by atoms with Gasteiger partial charge in [-0.2, -0.15) is 13.2 Å². The number of nitrogens with one attached hydrogen (secondary N) is 1. The highest BCUT2D eigenvalue weighted by Crippen LogP contribution is 2.36. The molecule has 2 aromatic carbocycles. The topological polar surface area (TPSA) is 50.3 Å².